The summed E-state index contributed by atoms with van der Waals surface area (Å²) in [6, 6.07) is 4.98. The maximum absolute atomic E-state index is 4.44. The zero-order valence-corrected chi connectivity index (χ0v) is 11.8. The van der Waals surface area contributed by atoms with E-state index in [1.807, 2.05) is 6.20 Å². The lowest BCUT2D eigenvalue weighted by atomic mass is 9.95. The van der Waals surface area contributed by atoms with E-state index in [-0.39, 0.29) is 0 Å². The van der Waals surface area contributed by atoms with Gasteiger partial charge in [0.2, 0.25) is 0 Å². The number of rotatable bonds is 4. The van der Waals surface area contributed by atoms with Crippen LogP contribution >= 0.6 is 0 Å². The molecule has 1 aliphatic heterocycles. The van der Waals surface area contributed by atoms with Crippen LogP contribution in [0.2, 0.25) is 0 Å². The molecule has 2 unspecified atom stereocenters. The molecule has 0 aromatic carbocycles. The summed E-state index contributed by atoms with van der Waals surface area (Å²) >= 11 is 0. The zero-order chi connectivity index (χ0) is 13.0. The Hall–Kier alpha value is -1.09. The van der Waals surface area contributed by atoms with E-state index in [1.54, 1.807) is 0 Å². The molecule has 1 saturated heterocycles. The number of hydrogen-bond acceptors (Lipinski definition) is 3. The van der Waals surface area contributed by atoms with Gasteiger partial charge < -0.3 is 5.32 Å². The molecule has 0 aliphatic carbocycles. The highest BCUT2D eigenvalue weighted by molar-refractivity contribution is 5.35. The van der Waals surface area contributed by atoms with Crippen LogP contribution in [-0.4, -0.2) is 29.0 Å². The smallest absolute Gasteiger partial charge is 0.125 e. The summed E-state index contributed by atoms with van der Waals surface area (Å²) in [4.78, 5) is 7.02. The molecule has 2 heterocycles. The van der Waals surface area contributed by atoms with Gasteiger partial charge >= 0.3 is 0 Å². The van der Waals surface area contributed by atoms with Crippen LogP contribution in [0.15, 0.2) is 18.3 Å². The van der Waals surface area contributed by atoms with E-state index in [2.05, 4.69) is 48.1 Å². The first-order chi connectivity index (χ1) is 8.69. The number of piperidine rings is 1. The Balaban J connectivity index is 1.95. The van der Waals surface area contributed by atoms with Crippen LogP contribution in [0.25, 0.3) is 0 Å². The summed E-state index contributed by atoms with van der Waals surface area (Å²) in [6.07, 6.45) is 4.70. The first-order valence-corrected chi connectivity index (χ1v) is 7.12. The van der Waals surface area contributed by atoms with E-state index < -0.39 is 0 Å². The summed E-state index contributed by atoms with van der Waals surface area (Å²) in [7, 11) is 0. The van der Waals surface area contributed by atoms with E-state index in [0.29, 0.717) is 6.04 Å². The lowest BCUT2D eigenvalue weighted by molar-refractivity contribution is 0.117. The van der Waals surface area contributed by atoms with Crippen molar-refractivity contribution in [2.45, 2.75) is 46.2 Å². The van der Waals surface area contributed by atoms with Gasteiger partial charge in [0.05, 0.1) is 0 Å². The number of likely N-dealkylation sites (tertiary alicyclic amines) is 1. The molecule has 1 aromatic heterocycles. The van der Waals surface area contributed by atoms with Crippen molar-refractivity contribution in [1.29, 1.82) is 0 Å². The second-order valence-corrected chi connectivity index (χ2v) is 5.54. The van der Waals surface area contributed by atoms with Crippen molar-refractivity contribution in [1.82, 2.24) is 9.88 Å². The number of anilines is 1. The molecule has 0 saturated carbocycles. The monoisotopic (exact) mass is 247 g/mol. The summed E-state index contributed by atoms with van der Waals surface area (Å²) in [5.41, 5.74) is 1.32. The molecule has 2 rings (SSSR count). The third-order valence-electron chi connectivity index (χ3n) is 3.82. The first-order valence-electron chi connectivity index (χ1n) is 7.12. The summed E-state index contributed by atoms with van der Waals surface area (Å²) in [5.74, 6) is 1.80. The Morgan fingerprint density at radius 3 is 2.83 bits per heavy atom. The van der Waals surface area contributed by atoms with Gasteiger partial charge in [-0.1, -0.05) is 13.0 Å². The van der Waals surface area contributed by atoms with Gasteiger partial charge in [-0.15, -0.1) is 0 Å². The van der Waals surface area contributed by atoms with Gasteiger partial charge in [0.1, 0.15) is 5.82 Å². The van der Waals surface area contributed by atoms with Gasteiger partial charge in [-0.05, 0) is 44.2 Å². The van der Waals surface area contributed by atoms with Gasteiger partial charge in [-0.25, -0.2) is 4.98 Å². The third-order valence-corrected chi connectivity index (χ3v) is 3.82. The minimum atomic E-state index is 0.703. The fourth-order valence-electron chi connectivity index (χ4n) is 2.64. The number of hydrogen-bond donors (Lipinski definition) is 1. The van der Waals surface area contributed by atoms with Crippen molar-refractivity contribution in [2.75, 3.05) is 18.4 Å². The third kappa shape index (κ3) is 3.45. The second kappa shape index (κ2) is 6.19. The van der Waals surface area contributed by atoms with Gasteiger partial charge in [-0.3, -0.25) is 4.90 Å². The van der Waals surface area contributed by atoms with Gasteiger partial charge in [0, 0.05) is 31.9 Å². The Morgan fingerprint density at radius 2 is 2.17 bits per heavy atom. The van der Waals surface area contributed by atoms with E-state index in [1.165, 1.54) is 24.9 Å². The van der Waals surface area contributed by atoms with Gasteiger partial charge in [-0.2, -0.15) is 0 Å². The van der Waals surface area contributed by atoms with Crippen LogP contribution in [-0.2, 0) is 6.54 Å². The quantitative estimate of drug-likeness (QED) is 0.886. The molecular weight excluding hydrogens is 222 g/mol. The Bertz CT molecular complexity index is 361. The number of aromatic nitrogens is 1. The highest BCUT2D eigenvalue weighted by atomic mass is 15.2. The summed E-state index contributed by atoms with van der Waals surface area (Å²) in [6.45, 7) is 9.96. The average Bonchev–Trinajstić information content (AvgIpc) is 2.37. The Kier molecular flexibility index (Phi) is 4.59. The SMILES string of the molecule is CCNc1ccc(CN2CC(C)CCC2C)cn1. The Morgan fingerprint density at radius 1 is 1.33 bits per heavy atom. The maximum Gasteiger partial charge on any atom is 0.125 e. The number of nitrogens with zero attached hydrogens (tertiary/aromatic N) is 2. The van der Waals surface area contributed by atoms with Crippen LogP contribution in [0.3, 0.4) is 0 Å². The van der Waals surface area contributed by atoms with Gasteiger partial charge in [0.15, 0.2) is 0 Å². The van der Waals surface area contributed by atoms with Crippen molar-refractivity contribution < 1.29 is 0 Å². The normalized spacial score (nSPS) is 25.1. The molecule has 18 heavy (non-hydrogen) atoms. The highest BCUT2D eigenvalue weighted by Gasteiger charge is 2.22. The molecule has 3 nitrogen and oxygen atoms in total. The largest absolute Gasteiger partial charge is 0.370 e. The van der Waals surface area contributed by atoms with Crippen molar-refractivity contribution >= 4 is 5.82 Å². The summed E-state index contributed by atoms with van der Waals surface area (Å²) in [5, 5.41) is 3.23. The molecule has 1 aliphatic rings. The topological polar surface area (TPSA) is 28.2 Å². The van der Waals surface area contributed by atoms with Crippen LogP contribution in [0.1, 0.15) is 39.2 Å². The fraction of sp³-hybridized carbons (Fsp3) is 0.667. The van der Waals surface area contributed by atoms with Crippen LogP contribution in [0, 0.1) is 5.92 Å². The summed E-state index contributed by atoms with van der Waals surface area (Å²) < 4.78 is 0. The molecule has 0 bridgehead atoms. The second-order valence-electron chi connectivity index (χ2n) is 5.54. The molecule has 2 atom stereocenters. The van der Waals surface area contributed by atoms with Crippen LogP contribution in [0.4, 0.5) is 5.82 Å². The highest BCUT2D eigenvalue weighted by Crippen LogP contribution is 2.23. The van der Waals surface area contributed by atoms with Crippen molar-refractivity contribution in [3.8, 4) is 0 Å². The molecule has 0 spiro atoms. The number of nitrogens with one attached hydrogen (secondary N) is 1. The molecule has 1 aromatic rings. The van der Waals surface area contributed by atoms with E-state index in [9.17, 15) is 0 Å². The van der Waals surface area contributed by atoms with Gasteiger partial charge in [0.25, 0.3) is 0 Å². The predicted octanol–water partition coefficient (Wildman–Crippen LogP) is 3.13. The lowest BCUT2D eigenvalue weighted by Gasteiger charge is -2.36. The molecular formula is C15H25N3. The standard InChI is InChI=1S/C15H25N3/c1-4-16-15-8-7-14(9-17-15)11-18-10-12(2)5-6-13(18)3/h7-9,12-13H,4-6,10-11H2,1-3H3,(H,16,17). The predicted molar refractivity (Wildman–Crippen MR) is 76.7 cm³/mol. The van der Waals surface area contributed by atoms with Crippen molar-refractivity contribution in [3.63, 3.8) is 0 Å². The maximum atomic E-state index is 4.44. The average molecular weight is 247 g/mol. The molecule has 0 amide bonds. The Labute approximate surface area is 111 Å². The van der Waals surface area contributed by atoms with Crippen LogP contribution in [0.5, 0.6) is 0 Å². The van der Waals surface area contributed by atoms with E-state index >= 15 is 0 Å². The molecule has 1 fully saturated rings. The minimum Gasteiger partial charge on any atom is -0.370 e. The number of pyridine rings is 1. The molecule has 3 heteroatoms. The molecule has 100 valence electrons. The minimum absolute atomic E-state index is 0.703. The molecule has 0 radical (unpaired) electrons. The first kappa shape index (κ1) is 13.3. The van der Waals surface area contributed by atoms with E-state index in [0.717, 1.165) is 24.8 Å². The fourth-order valence-corrected chi connectivity index (χ4v) is 2.64. The molecule has 1 N–H and O–H groups in total. The zero-order valence-electron chi connectivity index (χ0n) is 11.8. The lowest BCUT2D eigenvalue weighted by Crippen LogP contribution is -2.40. The van der Waals surface area contributed by atoms with Crippen molar-refractivity contribution in [3.05, 3.63) is 23.9 Å². The van der Waals surface area contributed by atoms with E-state index in [4.69, 9.17) is 0 Å². The van der Waals surface area contributed by atoms with Crippen LogP contribution < -0.4 is 5.32 Å². The van der Waals surface area contributed by atoms with Crippen molar-refractivity contribution in [2.24, 2.45) is 5.92 Å².